The van der Waals surface area contributed by atoms with E-state index in [2.05, 4.69) is 63.2 Å². The molecule has 0 amide bonds. The van der Waals surface area contributed by atoms with E-state index in [0.29, 0.717) is 18.2 Å². The molecule has 0 bridgehead atoms. The molecule has 0 radical (unpaired) electrons. The van der Waals surface area contributed by atoms with Crippen LogP contribution in [0.3, 0.4) is 0 Å². The Labute approximate surface area is 129 Å². The van der Waals surface area contributed by atoms with E-state index in [-0.39, 0.29) is 0 Å². The van der Waals surface area contributed by atoms with Crippen molar-refractivity contribution in [3.8, 4) is 0 Å². The second-order valence-corrected chi connectivity index (χ2v) is 6.36. The van der Waals surface area contributed by atoms with Crippen molar-refractivity contribution >= 4 is 0 Å². The van der Waals surface area contributed by atoms with Crippen molar-refractivity contribution in [1.82, 2.24) is 10.2 Å². The molecule has 118 valence electrons. The maximum Gasteiger partial charge on any atom is 0.0674 e. The minimum absolute atomic E-state index is 0.337. The van der Waals surface area contributed by atoms with Gasteiger partial charge in [-0.2, -0.15) is 0 Å². The molecule has 3 unspecified atom stereocenters. The lowest BCUT2D eigenvalue weighted by atomic mass is 9.97. The number of likely N-dealkylation sites (N-methyl/N-ethyl adjacent to an activating group) is 1. The first kappa shape index (κ1) is 16.5. The fraction of sp³-hybridized carbons (Fsp3) is 0.667. The van der Waals surface area contributed by atoms with Crippen molar-refractivity contribution in [3.05, 3.63) is 34.9 Å². The predicted octanol–water partition coefficient (Wildman–Crippen LogP) is 3.06. The maximum absolute atomic E-state index is 5.81. The van der Waals surface area contributed by atoms with Gasteiger partial charge in [0.25, 0.3) is 0 Å². The summed E-state index contributed by atoms with van der Waals surface area (Å²) in [6.07, 6.45) is 1.49. The Morgan fingerprint density at radius 1 is 1.38 bits per heavy atom. The van der Waals surface area contributed by atoms with Crippen LogP contribution in [0.5, 0.6) is 0 Å². The van der Waals surface area contributed by atoms with E-state index < -0.39 is 0 Å². The third-order valence-electron chi connectivity index (χ3n) is 4.63. The Balaban J connectivity index is 2.15. The van der Waals surface area contributed by atoms with Gasteiger partial charge in [-0.15, -0.1) is 0 Å². The molecule has 1 saturated heterocycles. The van der Waals surface area contributed by atoms with E-state index in [1.165, 1.54) is 16.7 Å². The molecule has 1 aromatic carbocycles. The standard InChI is InChI=1S/C18H30N2O/c1-6-16-12-21-15(4)10-20(16)11-18(19-5)17-9-13(2)7-8-14(17)3/h7-9,15-16,18-19H,6,10-12H2,1-5H3. The Morgan fingerprint density at radius 2 is 2.14 bits per heavy atom. The zero-order valence-electron chi connectivity index (χ0n) is 14.1. The molecule has 1 heterocycles. The molecule has 1 aliphatic rings. The van der Waals surface area contributed by atoms with Crippen molar-refractivity contribution in [3.63, 3.8) is 0 Å². The highest BCUT2D eigenvalue weighted by molar-refractivity contribution is 5.33. The van der Waals surface area contributed by atoms with Crippen LogP contribution in [0, 0.1) is 13.8 Å². The fourth-order valence-corrected chi connectivity index (χ4v) is 3.23. The van der Waals surface area contributed by atoms with Crippen LogP contribution in [0.4, 0.5) is 0 Å². The molecule has 21 heavy (non-hydrogen) atoms. The average molecular weight is 290 g/mol. The van der Waals surface area contributed by atoms with Gasteiger partial charge < -0.3 is 10.1 Å². The normalized spacial score (nSPS) is 25.0. The van der Waals surface area contributed by atoms with Crippen LogP contribution in [-0.4, -0.2) is 43.8 Å². The molecule has 0 aliphatic carbocycles. The maximum atomic E-state index is 5.81. The smallest absolute Gasteiger partial charge is 0.0674 e. The van der Waals surface area contributed by atoms with Gasteiger partial charge in [0.1, 0.15) is 0 Å². The number of hydrogen-bond acceptors (Lipinski definition) is 3. The lowest BCUT2D eigenvalue weighted by molar-refractivity contribution is -0.0584. The van der Waals surface area contributed by atoms with Crippen molar-refractivity contribution in [2.75, 3.05) is 26.7 Å². The van der Waals surface area contributed by atoms with Gasteiger partial charge in [-0.3, -0.25) is 4.90 Å². The van der Waals surface area contributed by atoms with Crippen molar-refractivity contribution in [2.24, 2.45) is 0 Å². The number of morpholine rings is 1. The highest BCUT2D eigenvalue weighted by atomic mass is 16.5. The number of hydrogen-bond donors (Lipinski definition) is 1. The van der Waals surface area contributed by atoms with E-state index in [1.807, 2.05) is 0 Å². The van der Waals surface area contributed by atoms with E-state index in [9.17, 15) is 0 Å². The Morgan fingerprint density at radius 3 is 2.81 bits per heavy atom. The van der Waals surface area contributed by atoms with E-state index in [4.69, 9.17) is 4.74 Å². The first-order chi connectivity index (χ1) is 10.0. The minimum atomic E-state index is 0.337. The highest BCUT2D eigenvalue weighted by Crippen LogP contribution is 2.23. The highest BCUT2D eigenvalue weighted by Gasteiger charge is 2.28. The summed E-state index contributed by atoms with van der Waals surface area (Å²) in [7, 11) is 2.07. The third kappa shape index (κ3) is 4.06. The zero-order chi connectivity index (χ0) is 15.4. The molecule has 0 saturated carbocycles. The monoisotopic (exact) mass is 290 g/mol. The number of ether oxygens (including phenoxy) is 1. The van der Waals surface area contributed by atoms with Gasteiger partial charge in [-0.25, -0.2) is 0 Å². The Hall–Kier alpha value is -0.900. The Bertz CT molecular complexity index is 461. The average Bonchev–Trinajstić information content (AvgIpc) is 2.47. The van der Waals surface area contributed by atoms with Crippen LogP contribution in [0.15, 0.2) is 18.2 Å². The van der Waals surface area contributed by atoms with Crippen LogP contribution >= 0.6 is 0 Å². The summed E-state index contributed by atoms with van der Waals surface area (Å²) in [5, 5.41) is 3.51. The van der Waals surface area contributed by atoms with Crippen LogP contribution in [0.25, 0.3) is 0 Å². The molecular formula is C18H30N2O. The quantitative estimate of drug-likeness (QED) is 0.902. The molecule has 3 atom stereocenters. The molecule has 0 spiro atoms. The van der Waals surface area contributed by atoms with E-state index in [0.717, 1.165) is 26.1 Å². The van der Waals surface area contributed by atoms with Gasteiger partial charge in [-0.1, -0.05) is 30.7 Å². The molecule has 1 N–H and O–H groups in total. The first-order valence-corrected chi connectivity index (χ1v) is 8.15. The molecule has 3 heteroatoms. The SMILES string of the molecule is CCC1COC(C)CN1CC(NC)c1cc(C)ccc1C. The number of rotatable bonds is 5. The second-order valence-electron chi connectivity index (χ2n) is 6.36. The Kier molecular flexibility index (Phi) is 5.80. The number of nitrogens with zero attached hydrogens (tertiary/aromatic N) is 1. The summed E-state index contributed by atoms with van der Waals surface area (Å²) >= 11 is 0. The summed E-state index contributed by atoms with van der Waals surface area (Å²) in [4.78, 5) is 2.59. The molecular weight excluding hydrogens is 260 g/mol. The molecule has 1 aliphatic heterocycles. The molecule has 1 aromatic rings. The predicted molar refractivity (Wildman–Crippen MR) is 88.8 cm³/mol. The lowest BCUT2D eigenvalue weighted by Gasteiger charge is -2.40. The second kappa shape index (κ2) is 7.39. The van der Waals surface area contributed by atoms with Gasteiger partial charge >= 0.3 is 0 Å². The van der Waals surface area contributed by atoms with Crippen molar-refractivity contribution < 1.29 is 4.74 Å². The van der Waals surface area contributed by atoms with E-state index in [1.54, 1.807) is 0 Å². The summed E-state index contributed by atoms with van der Waals surface area (Å²) in [5.74, 6) is 0. The zero-order valence-corrected chi connectivity index (χ0v) is 14.1. The molecule has 1 fully saturated rings. The van der Waals surface area contributed by atoms with Crippen LogP contribution in [0.2, 0.25) is 0 Å². The summed E-state index contributed by atoms with van der Waals surface area (Å²) in [6, 6.07) is 7.67. The third-order valence-corrected chi connectivity index (χ3v) is 4.63. The number of nitrogens with one attached hydrogen (secondary N) is 1. The van der Waals surface area contributed by atoms with Crippen LogP contribution in [0.1, 0.15) is 43.0 Å². The minimum Gasteiger partial charge on any atom is -0.376 e. The molecule has 2 rings (SSSR count). The van der Waals surface area contributed by atoms with E-state index >= 15 is 0 Å². The topological polar surface area (TPSA) is 24.5 Å². The van der Waals surface area contributed by atoms with Gasteiger partial charge in [0.2, 0.25) is 0 Å². The van der Waals surface area contributed by atoms with Gasteiger partial charge in [0.05, 0.1) is 12.7 Å². The van der Waals surface area contributed by atoms with Crippen LogP contribution < -0.4 is 5.32 Å². The van der Waals surface area contributed by atoms with Crippen molar-refractivity contribution in [2.45, 2.75) is 52.3 Å². The summed E-state index contributed by atoms with van der Waals surface area (Å²) in [5.41, 5.74) is 4.12. The van der Waals surface area contributed by atoms with Crippen LogP contribution in [-0.2, 0) is 4.74 Å². The molecule has 3 nitrogen and oxygen atoms in total. The largest absolute Gasteiger partial charge is 0.376 e. The van der Waals surface area contributed by atoms with Gasteiger partial charge in [0.15, 0.2) is 0 Å². The van der Waals surface area contributed by atoms with Crippen molar-refractivity contribution in [1.29, 1.82) is 0 Å². The van der Waals surface area contributed by atoms with Gasteiger partial charge in [0, 0.05) is 25.2 Å². The molecule has 0 aromatic heterocycles. The van der Waals surface area contributed by atoms with Gasteiger partial charge in [-0.05, 0) is 45.4 Å². The number of aryl methyl sites for hydroxylation is 2. The number of benzene rings is 1. The fourth-order valence-electron chi connectivity index (χ4n) is 3.23. The first-order valence-electron chi connectivity index (χ1n) is 8.15. The summed E-state index contributed by atoms with van der Waals surface area (Å²) in [6.45, 7) is 11.7. The summed E-state index contributed by atoms with van der Waals surface area (Å²) < 4.78 is 5.81. The lowest BCUT2D eigenvalue weighted by Crippen LogP contribution is -2.51.